The van der Waals surface area contributed by atoms with Gasteiger partial charge >= 0.3 is 0 Å². The van der Waals surface area contributed by atoms with Crippen molar-refractivity contribution < 1.29 is 13.7 Å². The van der Waals surface area contributed by atoms with Crippen LogP contribution in [0.3, 0.4) is 0 Å². The number of hydrogen-bond donors (Lipinski definition) is 0. The maximum absolute atomic E-state index is 7.07. The van der Waals surface area contributed by atoms with Gasteiger partial charge in [0, 0.05) is 50.3 Å². The lowest BCUT2D eigenvalue weighted by molar-refractivity contribution is -0.570. The largest absolute Gasteiger partial charge is 0.458 e. The molecule has 0 saturated heterocycles. The van der Waals surface area contributed by atoms with Gasteiger partial charge in [0.2, 0.25) is 0 Å². The predicted molar refractivity (Wildman–Crippen MR) is 357 cm³/mol. The molecule has 0 amide bonds. The topological polar surface area (TPSA) is 53.9 Å². The van der Waals surface area contributed by atoms with Crippen molar-refractivity contribution in [1.82, 2.24) is 18.7 Å². The van der Waals surface area contributed by atoms with E-state index >= 15 is 0 Å². The van der Waals surface area contributed by atoms with Crippen LogP contribution < -0.4 is 9.30 Å². The molecule has 0 fully saturated rings. The highest BCUT2D eigenvalue weighted by Crippen LogP contribution is 2.49. The zero-order chi connectivity index (χ0) is 58.4. The first-order valence-corrected chi connectivity index (χ1v) is 30.0. The lowest BCUT2D eigenvalue weighted by Crippen LogP contribution is -2.32. The minimum Gasteiger partial charge on any atom is -0.458 e. The maximum Gasteiger partial charge on any atom is 0.269 e. The van der Waals surface area contributed by atoms with Crippen LogP contribution in [0, 0.1) is 6.33 Å². The Balaban J connectivity index is 0.947. The number of benzene rings is 11. The smallest absolute Gasteiger partial charge is 0.269 e. The van der Waals surface area contributed by atoms with Crippen LogP contribution in [-0.2, 0) is 10.8 Å². The van der Waals surface area contributed by atoms with Gasteiger partial charge in [0.15, 0.2) is 0 Å². The van der Waals surface area contributed by atoms with Gasteiger partial charge in [-0.3, -0.25) is 13.7 Å². The van der Waals surface area contributed by atoms with E-state index in [1.807, 2.05) is 12.3 Å². The molecule has 0 spiro atoms. The van der Waals surface area contributed by atoms with Gasteiger partial charge in [-0.2, -0.15) is 0 Å². The van der Waals surface area contributed by atoms with Crippen LogP contribution in [-0.4, -0.2) is 18.7 Å². The molecule has 0 radical (unpaired) electrons. The maximum atomic E-state index is 7.07. The zero-order valence-electron chi connectivity index (χ0n) is 49.2. The third-order valence-electron chi connectivity index (χ3n) is 18.0. The van der Waals surface area contributed by atoms with E-state index in [0.29, 0.717) is 5.75 Å². The molecule has 1 aliphatic rings. The van der Waals surface area contributed by atoms with Crippen LogP contribution in [0.1, 0.15) is 52.7 Å². The standard InChI is InChI=1S/C80H59N5O2/c1-79(2,3)50-38-39-81-76(43-50)85-71-32-17-13-28-62(71)63-36-35-55(47-72(63)85)86-54-21-19-20-52(44-54)82-48-83-77-65(49-34-37-75-66(40-49)64-29-14-18-33-74(64)87-75)41-51(80(4,5)6)42-67(77)58-24-9-7-22-56(58)57-23-8-10-25-59(57)68-45-53(46-73(82)78(68)83)84-69-30-15-11-26-60(69)61-27-12-16-31-70(61)84/h7-47H,1-6H3. The fourth-order valence-corrected chi connectivity index (χ4v) is 13.7. The molecule has 0 bridgehead atoms. The highest BCUT2D eigenvalue weighted by molar-refractivity contribution is 6.12. The van der Waals surface area contributed by atoms with Gasteiger partial charge in [0.1, 0.15) is 28.5 Å². The number of furan rings is 1. The molecule has 7 heteroatoms. The third-order valence-corrected chi connectivity index (χ3v) is 18.0. The minimum absolute atomic E-state index is 0.0518. The van der Waals surface area contributed by atoms with Crippen LogP contribution in [0.15, 0.2) is 253 Å². The SMILES string of the molecule is CC(C)(C)c1ccnc(-n2c3ccccc3c3ccc(Oc4cccc(-n5[c-][n+]6c7c(cc(-n8c9ccccc9c9ccccc98)cc75)-c5ccccc5-c5ccccc5-c5cc(C(C)(C)C)cc(-c7ccc8oc9ccccc9c8c7)c5-6)c4)cc32)c1. The van der Waals surface area contributed by atoms with E-state index in [9.17, 15) is 0 Å². The summed E-state index contributed by atoms with van der Waals surface area (Å²) in [5.74, 6) is 2.28. The monoisotopic (exact) mass is 1120 g/mol. The number of pyridine rings is 1. The van der Waals surface area contributed by atoms with Gasteiger partial charge in [-0.25, -0.2) is 4.98 Å². The Labute approximate surface area is 503 Å². The molecule has 16 aromatic rings. The number of para-hydroxylation sites is 4. The van der Waals surface area contributed by atoms with Crippen LogP contribution >= 0.6 is 0 Å². The number of aromatic nitrogens is 5. The van der Waals surface area contributed by atoms with Crippen LogP contribution in [0.4, 0.5) is 0 Å². The number of ether oxygens (including phenoxy) is 1. The molecule has 87 heavy (non-hydrogen) atoms. The van der Waals surface area contributed by atoms with Gasteiger partial charge in [0.25, 0.3) is 6.33 Å². The molecular formula is C80H59N5O2. The number of fused-ring (bicyclic) bond motifs is 16. The molecule has 17 rings (SSSR count). The summed E-state index contributed by atoms with van der Waals surface area (Å²) in [7, 11) is 0. The van der Waals surface area contributed by atoms with E-state index in [1.165, 1.54) is 21.9 Å². The number of imidazole rings is 1. The summed E-state index contributed by atoms with van der Waals surface area (Å²) >= 11 is 0. The summed E-state index contributed by atoms with van der Waals surface area (Å²) in [6.07, 6.45) is 6.08. The van der Waals surface area contributed by atoms with E-state index in [4.69, 9.17) is 14.1 Å². The Morgan fingerprint density at radius 1 is 0.391 bits per heavy atom. The number of nitrogens with zero attached hydrogens (tertiary/aromatic N) is 5. The Kier molecular flexibility index (Phi) is 11.0. The van der Waals surface area contributed by atoms with Gasteiger partial charge in [-0.15, -0.1) is 0 Å². The highest BCUT2D eigenvalue weighted by atomic mass is 16.5. The fourth-order valence-electron chi connectivity index (χ4n) is 13.7. The van der Waals surface area contributed by atoms with Crippen molar-refractivity contribution in [2.24, 2.45) is 0 Å². The first-order valence-electron chi connectivity index (χ1n) is 30.0. The second kappa shape index (κ2) is 18.9. The highest BCUT2D eigenvalue weighted by Gasteiger charge is 2.31. The summed E-state index contributed by atoms with van der Waals surface area (Å²) in [5, 5.41) is 6.86. The van der Waals surface area contributed by atoms with E-state index < -0.39 is 0 Å². The first kappa shape index (κ1) is 50.7. The first-order chi connectivity index (χ1) is 42.4. The van der Waals surface area contributed by atoms with Gasteiger partial charge in [-0.1, -0.05) is 187 Å². The molecule has 416 valence electrons. The molecule has 6 heterocycles. The van der Waals surface area contributed by atoms with Crippen molar-refractivity contribution in [2.45, 2.75) is 52.4 Å². The van der Waals surface area contributed by atoms with Crippen molar-refractivity contribution in [3.63, 3.8) is 0 Å². The summed E-state index contributed by atoms with van der Waals surface area (Å²) in [6, 6.07) is 88.0. The lowest BCUT2D eigenvalue weighted by atomic mass is 9.81. The fraction of sp³-hybridized carbons (Fsp3) is 0.100. The van der Waals surface area contributed by atoms with Gasteiger partial charge in [-0.05, 0) is 157 Å². The lowest BCUT2D eigenvalue weighted by Gasteiger charge is -2.26. The molecule has 5 aromatic heterocycles. The molecule has 1 aliphatic heterocycles. The Hall–Kier alpha value is -10.8. The Bertz CT molecular complexity index is 5480. The summed E-state index contributed by atoms with van der Waals surface area (Å²) in [6.45, 7) is 13.7. The average Bonchev–Trinajstić information content (AvgIpc) is 1.73. The van der Waals surface area contributed by atoms with E-state index in [2.05, 4.69) is 303 Å². The normalized spacial score (nSPS) is 12.5. The minimum atomic E-state index is -0.206. The Morgan fingerprint density at radius 2 is 0.966 bits per heavy atom. The van der Waals surface area contributed by atoms with Crippen LogP contribution in [0.2, 0.25) is 0 Å². The second-order valence-corrected chi connectivity index (χ2v) is 25.4. The van der Waals surface area contributed by atoms with Crippen molar-refractivity contribution >= 4 is 76.6 Å². The zero-order valence-corrected chi connectivity index (χ0v) is 49.2. The van der Waals surface area contributed by atoms with Gasteiger partial charge in [0.05, 0.1) is 44.5 Å². The number of hydrogen-bond acceptors (Lipinski definition) is 3. The van der Waals surface area contributed by atoms with Crippen molar-refractivity contribution in [2.75, 3.05) is 0 Å². The molecular weight excluding hydrogens is 1060 g/mol. The third kappa shape index (κ3) is 7.96. The predicted octanol–water partition coefficient (Wildman–Crippen LogP) is 20.6. The van der Waals surface area contributed by atoms with Gasteiger partial charge < -0.3 is 13.7 Å². The van der Waals surface area contributed by atoms with Crippen LogP contribution in [0.5, 0.6) is 11.5 Å². The van der Waals surface area contributed by atoms with E-state index in [-0.39, 0.29) is 10.8 Å². The molecule has 0 atom stereocenters. The van der Waals surface area contributed by atoms with Crippen molar-refractivity contribution in [3.8, 4) is 78.9 Å². The van der Waals surface area contributed by atoms with E-state index in [1.54, 1.807) is 0 Å². The van der Waals surface area contributed by atoms with Crippen molar-refractivity contribution in [1.29, 1.82) is 0 Å². The molecule has 0 N–H and O–H groups in total. The summed E-state index contributed by atoms with van der Waals surface area (Å²) in [5.41, 5.74) is 22.2. The van der Waals surface area contributed by atoms with Crippen LogP contribution in [0.25, 0.3) is 144 Å². The Morgan fingerprint density at radius 3 is 1.66 bits per heavy atom. The summed E-state index contributed by atoms with van der Waals surface area (Å²) < 4.78 is 22.9. The number of rotatable bonds is 6. The molecule has 0 saturated carbocycles. The average molecular weight is 1120 g/mol. The molecule has 7 nitrogen and oxygen atoms in total. The quantitative estimate of drug-likeness (QED) is 0.123. The van der Waals surface area contributed by atoms with Crippen molar-refractivity contribution in [3.05, 3.63) is 266 Å². The second-order valence-electron chi connectivity index (χ2n) is 25.4. The molecule has 0 unspecified atom stereocenters. The summed E-state index contributed by atoms with van der Waals surface area (Å²) in [4.78, 5) is 4.97. The van der Waals surface area contributed by atoms with E-state index in [0.717, 1.165) is 139 Å². The molecule has 11 aromatic carbocycles. The molecule has 0 aliphatic carbocycles.